The monoisotopic (exact) mass is 1070 g/mol. The number of rotatable bonds is 7. The molecule has 1 aliphatic rings. The van der Waals surface area contributed by atoms with Crippen LogP contribution in [-0.4, -0.2) is 82.1 Å². The van der Waals surface area contributed by atoms with E-state index in [1.807, 2.05) is 170 Å². The molecule has 0 aromatic carbocycles. The van der Waals surface area contributed by atoms with Crippen molar-refractivity contribution in [2.75, 3.05) is 26.3 Å². The lowest BCUT2D eigenvalue weighted by atomic mass is 10.1. The zero-order valence-corrected chi connectivity index (χ0v) is 54.9. The van der Waals surface area contributed by atoms with Gasteiger partial charge >= 0.3 is 0 Å². The van der Waals surface area contributed by atoms with Gasteiger partial charge in [-0.1, -0.05) is 192 Å². The number of hydrogen-bond donors (Lipinski definition) is 0. The second-order valence-corrected chi connectivity index (χ2v) is 16.9. The zero-order valence-electron chi connectivity index (χ0n) is 54.9. The predicted molar refractivity (Wildman–Crippen MR) is 340 cm³/mol. The number of pyridine rings is 3. The van der Waals surface area contributed by atoms with Gasteiger partial charge in [0.15, 0.2) is 0 Å². The number of hydrogen-bond acceptors (Lipinski definition) is 11. The molecule has 0 amide bonds. The SMILES string of the molecule is CC.CC.CC.CC.CC.CC.CC.CC(C)N1CCOCC1.CC(C)c1ccccn1.CC(C)c1cccnc1.CC(C)c1ccncc1.CC(C)c1ccncn1.CC(C)c1cnccn1.CC(C)c1ncccn1. The largest absolute Gasteiger partial charge is 0.379 e. The molecule has 0 spiro atoms. The Kier molecular flexibility index (Phi) is 74.1. The van der Waals surface area contributed by atoms with Crippen LogP contribution in [0.2, 0.25) is 0 Å². The van der Waals surface area contributed by atoms with Crippen LogP contribution in [-0.2, 0) is 4.74 Å². The van der Waals surface area contributed by atoms with Gasteiger partial charge in [0.1, 0.15) is 12.2 Å². The molecule has 0 radical (unpaired) electrons. The second kappa shape index (κ2) is 66.7. The van der Waals surface area contributed by atoms with Crippen molar-refractivity contribution in [3.63, 3.8) is 0 Å². The van der Waals surface area contributed by atoms with E-state index in [-0.39, 0.29) is 0 Å². The minimum atomic E-state index is 0.436. The first-order chi connectivity index (χ1) is 37.1. The molecule has 0 bridgehead atoms. The first-order valence-corrected chi connectivity index (χ1v) is 29.4. The van der Waals surface area contributed by atoms with Crippen LogP contribution in [0.25, 0.3) is 0 Å². The Morgan fingerprint density at radius 1 is 0.338 bits per heavy atom. The highest BCUT2D eigenvalue weighted by Gasteiger charge is 2.12. The van der Waals surface area contributed by atoms with Gasteiger partial charge in [-0.15, -0.1) is 0 Å². The molecule has 440 valence electrons. The van der Waals surface area contributed by atoms with Crippen molar-refractivity contribution < 1.29 is 4.74 Å². The summed E-state index contributed by atoms with van der Waals surface area (Å²) >= 11 is 0. The van der Waals surface area contributed by atoms with E-state index in [2.05, 4.69) is 153 Å². The Hall–Kier alpha value is -5.39. The van der Waals surface area contributed by atoms with Gasteiger partial charge in [-0.3, -0.25) is 29.8 Å². The minimum Gasteiger partial charge on any atom is -0.379 e. The second-order valence-electron chi connectivity index (χ2n) is 16.9. The standard InChI is InChI=1S/3C8H11N.3C7H10N2.C7H15NO.7C2H6/c1-7(2)8-3-5-9-6-4-8;1-7(2)8-4-3-5-9-6-8;1-7(2)8-5-3-4-6-9-8;1-6(2)7-5-8-3-4-9-7;1-6(2)7-3-4-8-5-9-7;1-6(2)7-8-4-3-5-9-7;1-7(2)8-3-5-9-6-4-8;7*1-2/h3*3-7H,1-2H3;3*3-6H,1-2H3;7H,3-6H2,1-2H3;7*1-2H3. The lowest BCUT2D eigenvalue weighted by molar-refractivity contribution is 0.0238. The number of aromatic nitrogens is 9. The fourth-order valence-electron chi connectivity index (χ4n) is 5.14. The summed E-state index contributed by atoms with van der Waals surface area (Å²) in [6.07, 6.45) is 21.3. The fourth-order valence-corrected chi connectivity index (χ4v) is 5.14. The van der Waals surface area contributed by atoms with Gasteiger partial charge in [-0.25, -0.2) is 19.9 Å². The average molecular weight is 1070 g/mol. The molecule has 1 fully saturated rings. The summed E-state index contributed by atoms with van der Waals surface area (Å²) in [5.74, 6) is 4.10. The molecule has 0 unspecified atom stereocenters. The highest BCUT2D eigenvalue weighted by atomic mass is 16.5. The molecule has 0 atom stereocenters. The van der Waals surface area contributed by atoms with Crippen molar-refractivity contribution in [1.29, 1.82) is 0 Å². The van der Waals surface area contributed by atoms with Crippen molar-refractivity contribution in [3.05, 3.63) is 163 Å². The van der Waals surface area contributed by atoms with Crippen LogP contribution < -0.4 is 0 Å². The number of ether oxygens (including phenoxy) is 1. The van der Waals surface area contributed by atoms with Gasteiger partial charge in [-0.2, -0.15) is 0 Å². The smallest absolute Gasteiger partial charge is 0.130 e. The molecule has 11 nitrogen and oxygen atoms in total. The van der Waals surface area contributed by atoms with E-state index >= 15 is 0 Å². The Labute approximate surface area is 477 Å². The van der Waals surface area contributed by atoms with Crippen molar-refractivity contribution in [1.82, 2.24) is 49.8 Å². The van der Waals surface area contributed by atoms with E-state index in [0.29, 0.717) is 41.5 Å². The van der Waals surface area contributed by atoms with Gasteiger partial charge in [-0.05, 0) is 97.0 Å². The topological polar surface area (TPSA) is 128 Å². The first kappa shape index (κ1) is 85.5. The molecular formula is C66H120N10O. The normalized spacial score (nSPS) is 10.3. The van der Waals surface area contributed by atoms with E-state index in [0.717, 1.165) is 49.2 Å². The molecule has 1 saturated heterocycles. The summed E-state index contributed by atoms with van der Waals surface area (Å²) < 4.78 is 5.21. The van der Waals surface area contributed by atoms with Gasteiger partial charge in [0, 0.05) is 105 Å². The molecule has 11 heteroatoms. The Balaban J connectivity index is -0.000000143. The Morgan fingerprint density at radius 3 is 1.06 bits per heavy atom. The van der Waals surface area contributed by atoms with Crippen molar-refractivity contribution in [2.24, 2.45) is 0 Å². The summed E-state index contributed by atoms with van der Waals surface area (Å²) in [7, 11) is 0. The Morgan fingerprint density at radius 2 is 0.792 bits per heavy atom. The van der Waals surface area contributed by atoms with Crippen molar-refractivity contribution in [2.45, 2.75) is 235 Å². The van der Waals surface area contributed by atoms with Gasteiger partial charge < -0.3 is 4.74 Å². The summed E-state index contributed by atoms with van der Waals surface area (Å²) in [4.78, 5) is 38.6. The van der Waals surface area contributed by atoms with Crippen LogP contribution in [0, 0.1) is 0 Å². The minimum absolute atomic E-state index is 0.436. The summed E-state index contributed by atoms with van der Waals surface area (Å²) in [6.45, 7) is 62.1. The third-order valence-electron chi connectivity index (χ3n) is 9.25. The average Bonchev–Trinajstić information content (AvgIpc) is 3.51. The highest BCUT2D eigenvalue weighted by molar-refractivity contribution is 5.14. The maximum atomic E-state index is 5.21. The van der Waals surface area contributed by atoms with Crippen molar-refractivity contribution in [3.8, 4) is 0 Å². The molecule has 7 heterocycles. The van der Waals surface area contributed by atoms with E-state index < -0.39 is 0 Å². The summed E-state index contributed by atoms with van der Waals surface area (Å²) in [6, 6.07) is 18.6. The molecule has 7 rings (SSSR count). The third kappa shape index (κ3) is 53.8. The van der Waals surface area contributed by atoms with E-state index in [1.165, 1.54) is 11.1 Å². The molecule has 0 N–H and O–H groups in total. The highest BCUT2D eigenvalue weighted by Crippen LogP contribution is 2.12. The molecule has 6 aromatic heterocycles. The van der Waals surface area contributed by atoms with E-state index in [4.69, 9.17) is 4.74 Å². The Bertz CT molecular complexity index is 1540. The maximum Gasteiger partial charge on any atom is 0.130 e. The van der Waals surface area contributed by atoms with Crippen LogP contribution in [0.3, 0.4) is 0 Å². The maximum absolute atomic E-state index is 5.21. The number of morpholine rings is 1. The summed E-state index contributed by atoms with van der Waals surface area (Å²) in [5, 5.41) is 0. The van der Waals surface area contributed by atoms with Crippen molar-refractivity contribution >= 4 is 0 Å². The molecule has 0 aliphatic carbocycles. The molecule has 0 saturated carbocycles. The fraction of sp³-hybridized carbons (Fsp3) is 0.591. The first-order valence-electron chi connectivity index (χ1n) is 29.4. The summed E-state index contributed by atoms with van der Waals surface area (Å²) in [5.41, 5.74) is 5.97. The van der Waals surface area contributed by atoms with Crippen LogP contribution >= 0.6 is 0 Å². The quantitative estimate of drug-likeness (QED) is 0.152. The lowest BCUT2D eigenvalue weighted by Crippen LogP contribution is -2.40. The lowest BCUT2D eigenvalue weighted by Gasteiger charge is -2.29. The van der Waals surface area contributed by atoms with Gasteiger partial charge in [0.2, 0.25) is 0 Å². The zero-order chi connectivity index (χ0) is 60.8. The van der Waals surface area contributed by atoms with Crippen LogP contribution in [0.5, 0.6) is 0 Å². The van der Waals surface area contributed by atoms with Crippen LogP contribution in [0.1, 0.15) is 263 Å². The van der Waals surface area contributed by atoms with Gasteiger partial charge in [0.25, 0.3) is 0 Å². The van der Waals surface area contributed by atoms with E-state index in [1.54, 1.807) is 49.7 Å². The predicted octanol–water partition coefficient (Wildman–Crippen LogP) is 19.3. The van der Waals surface area contributed by atoms with Gasteiger partial charge in [0.05, 0.1) is 18.9 Å². The number of nitrogens with zero attached hydrogens (tertiary/aromatic N) is 10. The molecule has 6 aromatic rings. The third-order valence-corrected chi connectivity index (χ3v) is 9.25. The van der Waals surface area contributed by atoms with E-state index in [9.17, 15) is 0 Å². The van der Waals surface area contributed by atoms with Crippen LogP contribution in [0.15, 0.2) is 129 Å². The molecular weight excluding hydrogens is 949 g/mol. The van der Waals surface area contributed by atoms with Crippen LogP contribution in [0.4, 0.5) is 0 Å². The molecule has 77 heavy (non-hydrogen) atoms. The molecule has 1 aliphatic heterocycles.